The summed E-state index contributed by atoms with van der Waals surface area (Å²) in [6, 6.07) is -0.794. The number of carbonyl (C=O) groups excluding carboxylic acids is 1. The van der Waals surface area contributed by atoms with E-state index < -0.39 is 20.0 Å². The summed E-state index contributed by atoms with van der Waals surface area (Å²) in [5.74, 6) is -0.175. The number of hydrogen-bond acceptors (Lipinski definition) is 6. The summed E-state index contributed by atoms with van der Waals surface area (Å²) in [4.78, 5) is 25.0. The molecule has 8 nitrogen and oxygen atoms in total. The molecular weight excluding hydrogens is 599 g/mol. The summed E-state index contributed by atoms with van der Waals surface area (Å²) in [7, 11) is 1.30. The normalized spacial score (nSPS) is 14.8. The van der Waals surface area contributed by atoms with Crippen molar-refractivity contribution in [1.29, 1.82) is 0 Å². The number of nitrogens with one attached hydrogen (secondary N) is 1. The largest absolute Gasteiger partial charge is 0.756 e. The number of phosphoric acid groups is 1. The molecule has 0 saturated carbocycles. The van der Waals surface area contributed by atoms with Crippen LogP contribution in [0.15, 0.2) is 12.2 Å². The molecule has 0 aliphatic heterocycles. The van der Waals surface area contributed by atoms with E-state index in [1.54, 1.807) is 0 Å². The fourth-order valence-corrected chi connectivity index (χ4v) is 6.11. The van der Waals surface area contributed by atoms with Crippen LogP contribution in [-0.2, 0) is 18.4 Å². The quantitative estimate of drug-likeness (QED) is 0.0305. The minimum absolute atomic E-state index is 0.0119. The molecule has 0 bridgehead atoms. The van der Waals surface area contributed by atoms with Crippen LogP contribution in [0.25, 0.3) is 0 Å². The van der Waals surface area contributed by atoms with Gasteiger partial charge in [0.05, 0.1) is 39.9 Å². The lowest BCUT2D eigenvalue weighted by molar-refractivity contribution is -0.870. The van der Waals surface area contributed by atoms with Crippen LogP contribution < -0.4 is 10.2 Å². The molecule has 46 heavy (non-hydrogen) atoms. The number of quaternary nitrogens is 1. The third-order valence-electron chi connectivity index (χ3n) is 8.50. The van der Waals surface area contributed by atoms with Gasteiger partial charge >= 0.3 is 0 Å². The highest BCUT2D eigenvalue weighted by molar-refractivity contribution is 7.45. The molecule has 0 aliphatic carbocycles. The first kappa shape index (κ1) is 45.2. The van der Waals surface area contributed by atoms with E-state index in [9.17, 15) is 19.4 Å². The van der Waals surface area contributed by atoms with Crippen molar-refractivity contribution in [1.82, 2.24) is 5.32 Å². The SMILES string of the molecule is CCCCCCCCC/C=C\CCCCCCCCCC(=O)NC(COP(=O)([O-])OCC[N+](C)(C)C)C(O)CCCCCCCC. The van der Waals surface area contributed by atoms with E-state index in [1.165, 1.54) is 103 Å². The van der Waals surface area contributed by atoms with Gasteiger partial charge in [-0.15, -0.1) is 0 Å². The number of rotatable bonds is 34. The molecule has 0 aliphatic rings. The smallest absolute Gasteiger partial charge is 0.268 e. The Bertz CT molecular complexity index is 773. The number of phosphoric ester groups is 1. The number of aliphatic hydroxyl groups is 1. The maximum absolute atomic E-state index is 12.7. The van der Waals surface area contributed by atoms with Gasteiger partial charge in [-0.1, -0.05) is 135 Å². The van der Waals surface area contributed by atoms with Crippen molar-refractivity contribution in [2.24, 2.45) is 0 Å². The molecule has 0 rings (SSSR count). The molecule has 0 aromatic heterocycles. The molecular formula is C37H75N2O6P. The van der Waals surface area contributed by atoms with E-state index in [-0.39, 0.29) is 19.1 Å². The fourth-order valence-electron chi connectivity index (χ4n) is 5.38. The number of allylic oxidation sites excluding steroid dienone is 2. The summed E-state index contributed by atoms with van der Waals surface area (Å²) >= 11 is 0. The van der Waals surface area contributed by atoms with Gasteiger partial charge in [0.15, 0.2) is 0 Å². The zero-order chi connectivity index (χ0) is 34.4. The van der Waals surface area contributed by atoms with Crippen LogP contribution in [0.5, 0.6) is 0 Å². The zero-order valence-electron chi connectivity index (χ0n) is 30.8. The standard InChI is InChI=1S/C37H75N2O6P/c1-6-8-10-12-14-15-16-17-18-19-20-21-22-23-24-25-27-29-31-37(41)38-35(36(40)30-28-26-13-11-9-7-2)34-45-46(42,43)44-33-32-39(3,4)5/h18-19,35-36,40H,6-17,20-34H2,1-5H3,(H-,38,41,42,43)/b19-18-. The average molecular weight is 675 g/mol. The number of unbranched alkanes of at least 4 members (excludes halogenated alkanes) is 19. The molecule has 0 saturated heterocycles. The van der Waals surface area contributed by atoms with Crippen LogP contribution in [0, 0.1) is 0 Å². The lowest BCUT2D eigenvalue weighted by atomic mass is 10.0. The van der Waals surface area contributed by atoms with Gasteiger partial charge in [0, 0.05) is 6.42 Å². The summed E-state index contributed by atoms with van der Waals surface area (Å²) < 4.78 is 23.0. The molecule has 0 fully saturated rings. The Morgan fingerprint density at radius 2 is 1.20 bits per heavy atom. The molecule has 0 heterocycles. The predicted octanol–water partition coefficient (Wildman–Crippen LogP) is 9.00. The highest BCUT2D eigenvalue weighted by Gasteiger charge is 2.24. The highest BCUT2D eigenvalue weighted by Crippen LogP contribution is 2.38. The Balaban J connectivity index is 4.25. The maximum atomic E-state index is 12.7. The number of hydrogen-bond donors (Lipinski definition) is 2. The van der Waals surface area contributed by atoms with Gasteiger partial charge in [-0.25, -0.2) is 0 Å². The van der Waals surface area contributed by atoms with E-state index in [0.29, 0.717) is 23.9 Å². The Kier molecular flexibility index (Phi) is 29.8. The maximum Gasteiger partial charge on any atom is 0.268 e. The van der Waals surface area contributed by atoms with Crippen LogP contribution in [0.1, 0.15) is 168 Å². The molecule has 1 amide bonds. The number of likely N-dealkylation sites (N-methyl/N-ethyl adjacent to an activating group) is 1. The minimum Gasteiger partial charge on any atom is -0.756 e. The van der Waals surface area contributed by atoms with Gasteiger partial charge in [-0.2, -0.15) is 0 Å². The fraction of sp³-hybridized carbons (Fsp3) is 0.919. The molecule has 0 aromatic carbocycles. The van der Waals surface area contributed by atoms with E-state index >= 15 is 0 Å². The molecule has 9 heteroatoms. The number of aliphatic hydroxyl groups excluding tert-OH is 1. The Labute approximate surface area is 284 Å². The molecule has 274 valence electrons. The first-order chi connectivity index (χ1) is 22.0. The molecule has 0 radical (unpaired) electrons. The third-order valence-corrected chi connectivity index (χ3v) is 9.47. The van der Waals surface area contributed by atoms with Crippen molar-refractivity contribution < 1.29 is 32.9 Å². The van der Waals surface area contributed by atoms with Gasteiger partial charge in [0.25, 0.3) is 7.82 Å². The van der Waals surface area contributed by atoms with Crippen LogP contribution in [0.2, 0.25) is 0 Å². The molecule has 3 atom stereocenters. The van der Waals surface area contributed by atoms with Crippen molar-refractivity contribution >= 4 is 13.7 Å². The lowest BCUT2D eigenvalue weighted by Gasteiger charge is -2.30. The van der Waals surface area contributed by atoms with Crippen LogP contribution in [-0.4, -0.2) is 68.5 Å². The molecule has 2 N–H and O–H groups in total. The molecule has 0 aromatic rings. The van der Waals surface area contributed by atoms with Crippen molar-refractivity contribution in [3.05, 3.63) is 12.2 Å². The van der Waals surface area contributed by atoms with E-state index in [2.05, 4.69) is 31.3 Å². The summed E-state index contributed by atoms with van der Waals surface area (Å²) in [6.45, 7) is 4.63. The van der Waals surface area contributed by atoms with Crippen molar-refractivity contribution in [3.8, 4) is 0 Å². The van der Waals surface area contributed by atoms with Crippen LogP contribution in [0.3, 0.4) is 0 Å². The van der Waals surface area contributed by atoms with Crippen molar-refractivity contribution in [2.75, 3.05) is 40.9 Å². The summed E-state index contributed by atoms with van der Waals surface area (Å²) in [5, 5.41) is 13.7. The number of carbonyl (C=O) groups is 1. The number of nitrogens with zero attached hydrogens (tertiary/aromatic N) is 1. The van der Waals surface area contributed by atoms with Gasteiger partial charge in [0.1, 0.15) is 13.2 Å². The Morgan fingerprint density at radius 3 is 1.70 bits per heavy atom. The molecule has 3 unspecified atom stereocenters. The number of amides is 1. The first-order valence-electron chi connectivity index (χ1n) is 19.0. The van der Waals surface area contributed by atoms with Gasteiger partial charge in [0.2, 0.25) is 5.91 Å². The van der Waals surface area contributed by atoms with Gasteiger partial charge in [-0.05, 0) is 38.5 Å². The van der Waals surface area contributed by atoms with E-state index in [0.717, 1.165) is 38.5 Å². The Hall–Kier alpha value is -0.760. The van der Waals surface area contributed by atoms with Gasteiger partial charge < -0.3 is 28.8 Å². The lowest BCUT2D eigenvalue weighted by Crippen LogP contribution is -2.46. The second kappa shape index (κ2) is 30.3. The zero-order valence-corrected chi connectivity index (χ0v) is 31.7. The molecule has 0 spiro atoms. The summed E-state index contributed by atoms with van der Waals surface area (Å²) in [6.07, 6.45) is 30.9. The topological polar surface area (TPSA) is 108 Å². The van der Waals surface area contributed by atoms with Crippen molar-refractivity contribution in [2.45, 2.75) is 180 Å². The second-order valence-corrected chi connectivity index (χ2v) is 15.7. The van der Waals surface area contributed by atoms with E-state index in [4.69, 9.17) is 9.05 Å². The summed E-state index contributed by atoms with van der Waals surface area (Å²) in [5.41, 5.74) is 0. The first-order valence-corrected chi connectivity index (χ1v) is 20.5. The third kappa shape index (κ3) is 31.8. The van der Waals surface area contributed by atoms with Crippen LogP contribution >= 0.6 is 7.82 Å². The highest BCUT2D eigenvalue weighted by atomic mass is 31.2. The average Bonchev–Trinajstić information content (AvgIpc) is 2.99. The second-order valence-electron chi connectivity index (χ2n) is 14.3. The predicted molar refractivity (Wildman–Crippen MR) is 192 cm³/mol. The van der Waals surface area contributed by atoms with Gasteiger partial charge in [-0.3, -0.25) is 9.36 Å². The monoisotopic (exact) mass is 675 g/mol. The van der Waals surface area contributed by atoms with Crippen LogP contribution in [0.4, 0.5) is 0 Å². The van der Waals surface area contributed by atoms with E-state index in [1.807, 2.05) is 21.1 Å². The van der Waals surface area contributed by atoms with Crippen molar-refractivity contribution in [3.63, 3.8) is 0 Å². The minimum atomic E-state index is -4.54. The Morgan fingerprint density at radius 1 is 0.739 bits per heavy atom.